The van der Waals surface area contributed by atoms with Gasteiger partial charge in [0.1, 0.15) is 21.9 Å². The van der Waals surface area contributed by atoms with Crippen LogP contribution in [0.3, 0.4) is 0 Å². The summed E-state index contributed by atoms with van der Waals surface area (Å²) in [6.45, 7) is 0. The Hall–Kier alpha value is -1.25. The van der Waals surface area contributed by atoms with Crippen molar-refractivity contribution in [3.8, 4) is 16.6 Å². The monoisotopic (exact) mass is 265 g/mol. The zero-order valence-electron chi connectivity index (χ0n) is 6.94. The molecule has 0 spiro atoms. The lowest BCUT2D eigenvalue weighted by atomic mass is 10.3. The van der Waals surface area contributed by atoms with Gasteiger partial charge in [-0.1, -0.05) is 0 Å². The molecule has 2 rings (SSSR count). The molecule has 0 aliphatic carbocycles. The Balaban J connectivity index is 2.45. The third-order valence-corrected chi connectivity index (χ3v) is 3.05. The summed E-state index contributed by atoms with van der Waals surface area (Å²) in [6, 6.07) is 7.60. The third-order valence-electron chi connectivity index (χ3n) is 1.60. The van der Waals surface area contributed by atoms with Crippen molar-refractivity contribution in [2.45, 2.75) is 0 Å². The number of nitrogens with zero attached hydrogens (tertiary/aromatic N) is 3. The number of hydrogen-bond donors (Lipinski definition) is 0. The van der Waals surface area contributed by atoms with Crippen molar-refractivity contribution < 1.29 is 0 Å². The lowest BCUT2D eigenvalue weighted by Gasteiger charge is -1.94. The summed E-state index contributed by atoms with van der Waals surface area (Å²) >= 11 is 4.69. The van der Waals surface area contributed by atoms with Gasteiger partial charge in [-0.05, 0) is 34.1 Å². The fraction of sp³-hybridized carbons (Fsp3) is 0. The fourth-order valence-electron chi connectivity index (χ4n) is 1.00. The van der Waals surface area contributed by atoms with E-state index in [0.717, 1.165) is 15.2 Å². The van der Waals surface area contributed by atoms with E-state index in [1.165, 1.54) is 17.7 Å². The Morgan fingerprint density at radius 3 is 2.86 bits per heavy atom. The molecule has 0 amide bonds. The van der Waals surface area contributed by atoms with Gasteiger partial charge < -0.3 is 0 Å². The van der Waals surface area contributed by atoms with E-state index < -0.39 is 0 Å². The summed E-state index contributed by atoms with van der Waals surface area (Å²) < 4.78 is 0.745. The first-order chi connectivity index (χ1) is 6.79. The highest BCUT2D eigenvalue weighted by atomic mass is 79.9. The van der Waals surface area contributed by atoms with Crippen LogP contribution in [0.15, 0.2) is 29.1 Å². The Morgan fingerprint density at radius 1 is 1.36 bits per heavy atom. The van der Waals surface area contributed by atoms with Crippen LogP contribution >= 0.6 is 27.3 Å². The molecule has 0 aromatic carbocycles. The highest BCUT2D eigenvalue weighted by Crippen LogP contribution is 2.26. The Kier molecular flexibility index (Phi) is 2.57. The maximum Gasteiger partial charge on any atom is 0.117 e. The average Bonchev–Trinajstić information content (AvgIpc) is 2.66. The van der Waals surface area contributed by atoms with Gasteiger partial charge in [-0.3, -0.25) is 0 Å². The summed E-state index contributed by atoms with van der Waals surface area (Å²) in [6.07, 6.45) is 1.49. The quantitative estimate of drug-likeness (QED) is 0.746. The first kappa shape index (κ1) is 9.31. The van der Waals surface area contributed by atoms with E-state index in [-0.39, 0.29) is 0 Å². The number of halogens is 1. The molecule has 3 nitrogen and oxygen atoms in total. The van der Waals surface area contributed by atoms with Crippen LogP contribution in [-0.2, 0) is 0 Å². The Labute approximate surface area is 93.2 Å². The largest absolute Gasteiger partial charge is 0.235 e. The van der Waals surface area contributed by atoms with E-state index in [0.29, 0.717) is 4.88 Å². The first-order valence-electron chi connectivity index (χ1n) is 3.77. The van der Waals surface area contributed by atoms with Crippen molar-refractivity contribution in [1.82, 2.24) is 9.97 Å². The molecule has 0 saturated carbocycles. The van der Waals surface area contributed by atoms with E-state index in [9.17, 15) is 0 Å². The molecule has 0 unspecified atom stereocenters. The maximum absolute atomic E-state index is 8.67. The number of hydrogen-bond acceptors (Lipinski definition) is 4. The zero-order valence-corrected chi connectivity index (χ0v) is 9.34. The molecule has 0 atom stereocenters. The van der Waals surface area contributed by atoms with E-state index in [1.54, 1.807) is 6.07 Å². The molecular weight excluding hydrogens is 262 g/mol. The zero-order chi connectivity index (χ0) is 9.97. The van der Waals surface area contributed by atoms with E-state index >= 15 is 0 Å². The predicted octanol–water partition coefficient (Wildman–Crippen LogP) is 2.84. The second-order valence-corrected chi connectivity index (χ2v) is 4.40. The number of thiophene rings is 1. The molecule has 14 heavy (non-hydrogen) atoms. The molecule has 0 radical (unpaired) electrons. The molecule has 0 bridgehead atoms. The Bertz CT molecular complexity index is 501. The predicted molar refractivity (Wildman–Crippen MR) is 57.8 cm³/mol. The van der Waals surface area contributed by atoms with Crippen molar-refractivity contribution in [2.75, 3.05) is 0 Å². The van der Waals surface area contributed by atoms with Crippen molar-refractivity contribution in [3.63, 3.8) is 0 Å². The number of nitriles is 1. The van der Waals surface area contributed by atoms with Gasteiger partial charge >= 0.3 is 0 Å². The minimum absolute atomic E-state index is 0.690. The Morgan fingerprint density at radius 2 is 2.21 bits per heavy atom. The molecule has 0 saturated heterocycles. The summed E-state index contributed by atoms with van der Waals surface area (Å²) in [5.74, 6) is 0. The van der Waals surface area contributed by atoms with Crippen molar-refractivity contribution >= 4 is 27.3 Å². The van der Waals surface area contributed by atoms with Crippen molar-refractivity contribution in [1.29, 1.82) is 5.26 Å². The van der Waals surface area contributed by atoms with Gasteiger partial charge in [0, 0.05) is 0 Å². The molecule has 68 valence electrons. The van der Waals surface area contributed by atoms with Crippen LogP contribution in [0.1, 0.15) is 4.88 Å². The third kappa shape index (κ3) is 1.81. The summed E-state index contributed by atoms with van der Waals surface area (Å²) in [4.78, 5) is 9.72. The normalized spacial score (nSPS) is 9.71. The lowest BCUT2D eigenvalue weighted by molar-refractivity contribution is 1.15. The van der Waals surface area contributed by atoms with E-state index in [1.807, 2.05) is 12.1 Å². The van der Waals surface area contributed by atoms with Crippen LogP contribution < -0.4 is 0 Å². The minimum Gasteiger partial charge on any atom is -0.235 e. The van der Waals surface area contributed by atoms with Gasteiger partial charge in [-0.15, -0.1) is 11.3 Å². The molecule has 5 heteroatoms. The summed E-state index contributed by atoms with van der Waals surface area (Å²) in [7, 11) is 0. The highest BCUT2D eigenvalue weighted by Gasteiger charge is 2.04. The maximum atomic E-state index is 8.67. The molecular formula is C9H4BrN3S. The van der Waals surface area contributed by atoms with Crippen LogP contribution in [0.2, 0.25) is 0 Å². The second-order valence-electron chi connectivity index (χ2n) is 2.50. The van der Waals surface area contributed by atoms with Gasteiger partial charge in [0.25, 0.3) is 0 Å². The topological polar surface area (TPSA) is 49.6 Å². The van der Waals surface area contributed by atoms with Crippen molar-refractivity contribution in [2.24, 2.45) is 0 Å². The fourth-order valence-corrected chi connectivity index (χ4v) is 2.08. The van der Waals surface area contributed by atoms with Crippen LogP contribution in [0, 0.1) is 11.3 Å². The van der Waals surface area contributed by atoms with E-state index in [2.05, 4.69) is 32.0 Å². The number of aromatic nitrogens is 2. The second kappa shape index (κ2) is 3.86. The average molecular weight is 266 g/mol. The standard InChI is InChI=1S/C9H4BrN3S/c10-9-3-7(12-5-13-9)8-2-1-6(4-11)14-8/h1-3,5H. The SMILES string of the molecule is N#Cc1ccc(-c2cc(Br)ncn2)s1. The first-order valence-corrected chi connectivity index (χ1v) is 5.38. The van der Waals surface area contributed by atoms with Crippen LogP contribution in [0.5, 0.6) is 0 Å². The smallest absolute Gasteiger partial charge is 0.117 e. The van der Waals surface area contributed by atoms with Crippen molar-refractivity contribution in [3.05, 3.63) is 34.0 Å². The van der Waals surface area contributed by atoms with Gasteiger partial charge in [0.05, 0.1) is 10.6 Å². The van der Waals surface area contributed by atoms with Crippen LogP contribution in [0.25, 0.3) is 10.6 Å². The number of rotatable bonds is 1. The van der Waals surface area contributed by atoms with E-state index in [4.69, 9.17) is 5.26 Å². The van der Waals surface area contributed by atoms with Crippen LogP contribution in [-0.4, -0.2) is 9.97 Å². The molecule has 0 fully saturated rings. The molecule has 2 aromatic rings. The minimum atomic E-state index is 0.690. The molecule has 2 aromatic heterocycles. The van der Waals surface area contributed by atoms with Gasteiger partial charge in [0.2, 0.25) is 0 Å². The summed E-state index contributed by atoms with van der Waals surface area (Å²) in [5, 5.41) is 8.67. The molecule has 0 aliphatic rings. The van der Waals surface area contributed by atoms with Gasteiger partial charge in [-0.25, -0.2) is 9.97 Å². The molecule has 2 heterocycles. The highest BCUT2D eigenvalue weighted by molar-refractivity contribution is 9.10. The summed E-state index contributed by atoms with van der Waals surface area (Å²) in [5.41, 5.74) is 0.832. The van der Waals surface area contributed by atoms with Crippen LogP contribution in [0.4, 0.5) is 0 Å². The van der Waals surface area contributed by atoms with Gasteiger partial charge in [0.15, 0.2) is 0 Å². The lowest BCUT2D eigenvalue weighted by Crippen LogP contribution is -1.82. The molecule has 0 aliphatic heterocycles. The molecule has 0 N–H and O–H groups in total. The van der Waals surface area contributed by atoms with Gasteiger partial charge in [-0.2, -0.15) is 5.26 Å².